The Morgan fingerprint density at radius 3 is 1.98 bits per heavy atom. The summed E-state index contributed by atoms with van der Waals surface area (Å²) in [4.78, 5) is 42.1. The van der Waals surface area contributed by atoms with Crippen molar-refractivity contribution >= 4 is 69.7 Å². The molecule has 0 bridgehead atoms. The Morgan fingerprint density at radius 2 is 1.47 bits per heavy atom. The second-order valence-electron chi connectivity index (χ2n) is 7.67. The average Bonchev–Trinajstić information content (AvgIpc) is 3.46. The molecule has 0 N–H and O–H groups in total. The molecule has 45 heavy (non-hydrogen) atoms. The number of fused-ring (bicyclic) bond motifs is 1. The third-order valence-corrected chi connectivity index (χ3v) is 5.81. The van der Waals surface area contributed by atoms with Crippen LogP contribution in [-0.2, 0) is 16.1 Å². The predicted molar refractivity (Wildman–Crippen MR) is 159 cm³/mol. The number of halogens is 4. The summed E-state index contributed by atoms with van der Waals surface area (Å²) >= 11 is 17.4. The van der Waals surface area contributed by atoms with E-state index in [0.717, 1.165) is 5.56 Å². The van der Waals surface area contributed by atoms with Gasteiger partial charge in [-0.1, -0.05) is 89.4 Å². The fraction of sp³-hybridized carbons (Fsp3) is 0.0690. The van der Waals surface area contributed by atoms with Crippen molar-refractivity contribution in [1.82, 2.24) is 15.0 Å². The smallest absolute Gasteiger partial charge is 1.00 e. The first-order valence-corrected chi connectivity index (χ1v) is 12.6. The predicted octanol–water partition coefficient (Wildman–Crippen LogP) is 1.60. The van der Waals surface area contributed by atoms with Crippen LogP contribution in [0.2, 0.25) is 15.5 Å². The van der Waals surface area contributed by atoms with Gasteiger partial charge in [0.15, 0.2) is 17.2 Å². The fourth-order valence-corrected chi connectivity index (χ4v) is 3.72. The summed E-state index contributed by atoms with van der Waals surface area (Å²) in [6.45, 7) is 13.6. The second-order valence-corrected chi connectivity index (χ2v) is 8.80. The van der Waals surface area contributed by atoms with Gasteiger partial charge in [-0.15, -0.1) is 0 Å². The van der Waals surface area contributed by atoms with Crippen molar-refractivity contribution in [2.75, 3.05) is 7.15 Å². The number of hydrogen-bond donors (Lipinski definition) is 0. The van der Waals surface area contributed by atoms with Crippen molar-refractivity contribution < 1.29 is 90.5 Å². The van der Waals surface area contributed by atoms with Gasteiger partial charge in [0.2, 0.25) is 11.6 Å². The van der Waals surface area contributed by atoms with E-state index in [2.05, 4.69) is 29.5 Å². The third-order valence-electron chi connectivity index (χ3n) is 5.07. The summed E-state index contributed by atoms with van der Waals surface area (Å²) in [6.07, 6.45) is 0.153. The van der Waals surface area contributed by atoms with Crippen LogP contribution in [0.1, 0.15) is 18.7 Å². The van der Waals surface area contributed by atoms with Gasteiger partial charge < -0.3 is 16.0 Å². The van der Waals surface area contributed by atoms with E-state index in [9.17, 15) is 9.18 Å². The molecule has 16 heteroatoms. The summed E-state index contributed by atoms with van der Waals surface area (Å²) < 4.78 is 21.0. The molecule has 0 atom stereocenters. The number of aromatic nitrogens is 3. The van der Waals surface area contributed by atoms with Crippen LogP contribution in [0.25, 0.3) is 32.4 Å². The molecule has 220 valence electrons. The molecule has 0 aliphatic heterocycles. The van der Waals surface area contributed by atoms with Gasteiger partial charge in [-0.2, -0.15) is 4.98 Å². The standard InChI is InChI=1S/C14H8Cl2N2O.C13H6ClN3O.CH3F.CH2O3.2Na.H/c1-17-11-5-2-9(3-6-11)12(19)8-10-4-7-13(15)18-14(10)16;1-15-9-4-2-8(3-5-9)12-16-10-6-7-11(14)17-13(10)18-12;1-2;2-1-4-3;;;/h2-7H,8H2;2-7H;1H3;1,3H;;;/q;;;;2*+1;-1/p-1/i;;1D;;;;. The SMILES string of the molecule is O=CO[O-].[2H]CF.[C-]#[N+]c1ccc(-c2nc3ccc(Cl)nc3o2)cc1.[C-]#[N+]c1ccc(C(=O)Cc2ccc(Cl)nc2Cl)cc1.[H-].[Na+].[Na+]. The molecule has 3 heterocycles. The maximum atomic E-state index is 12.1. The molecule has 0 fully saturated rings. The van der Waals surface area contributed by atoms with Crippen LogP contribution in [0, 0.1) is 13.1 Å². The molecule has 0 unspecified atom stereocenters. The molecule has 0 aliphatic carbocycles. The van der Waals surface area contributed by atoms with E-state index in [1.54, 1.807) is 72.8 Å². The zero-order valence-electron chi connectivity index (χ0n) is 25.7. The summed E-state index contributed by atoms with van der Waals surface area (Å²) in [5.41, 5.74) is 4.12. The van der Waals surface area contributed by atoms with Gasteiger partial charge in [0.1, 0.15) is 21.0 Å². The molecule has 0 amide bonds. The Morgan fingerprint density at radius 1 is 0.956 bits per heavy atom. The average molecular weight is 690 g/mol. The van der Waals surface area contributed by atoms with Crippen LogP contribution >= 0.6 is 34.8 Å². The van der Waals surface area contributed by atoms with Gasteiger partial charge in [-0.05, 0) is 23.8 Å². The minimum atomic E-state index is -1.00. The van der Waals surface area contributed by atoms with Crippen LogP contribution in [0.3, 0.4) is 0 Å². The topological polar surface area (TPSA) is 127 Å². The first kappa shape index (κ1) is 40.1. The van der Waals surface area contributed by atoms with Crippen LogP contribution < -0.4 is 64.4 Å². The Hall–Kier alpha value is -2.91. The van der Waals surface area contributed by atoms with E-state index in [0.29, 0.717) is 49.9 Å². The molecule has 5 rings (SSSR count). The van der Waals surface area contributed by atoms with Gasteiger partial charge in [0.05, 0.1) is 21.7 Å². The second kappa shape index (κ2) is 22.6. The first-order valence-electron chi connectivity index (χ1n) is 12.2. The molecule has 0 saturated heterocycles. The van der Waals surface area contributed by atoms with E-state index in [-0.39, 0.29) is 84.4 Å². The van der Waals surface area contributed by atoms with E-state index in [1.165, 1.54) is 0 Å². The molecular weight excluding hydrogens is 670 g/mol. The van der Waals surface area contributed by atoms with E-state index in [4.69, 9.17) is 63.8 Å². The monoisotopic (exact) mass is 688 g/mol. The number of hydrogen-bond acceptors (Lipinski definition) is 8. The number of carbonyl (C=O) groups excluding carboxylic acids is 2. The van der Waals surface area contributed by atoms with Crippen molar-refractivity contribution in [3.63, 3.8) is 0 Å². The summed E-state index contributed by atoms with van der Waals surface area (Å²) in [7, 11) is -1.00. The zero-order valence-corrected chi connectivity index (χ0v) is 30.0. The molecule has 0 spiro atoms. The van der Waals surface area contributed by atoms with Crippen LogP contribution in [-0.4, -0.2) is 34.4 Å². The Labute approximate surface area is 319 Å². The van der Waals surface area contributed by atoms with Gasteiger partial charge in [0, 0.05) is 17.5 Å². The van der Waals surface area contributed by atoms with E-state index < -0.39 is 7.15 Å². The number of pyridine rings is 2. The number of rotatable bonds is 5. The Balaban J connectivity index is 0. The van der Waals surface area contributed by atoms with Gasteiger partial charge in [0.25, 0.3) is 6.47 Å². The van der Waals surface area contributed by atoms with Crippen molar-refractivity contribution in [2.45, 2.75) is 6.42 Å². The van der Waals surface area contributed by atoms with Crippen molar-refractivity contribution in [1.29, 1.82) is 0 Å². The van der Waals surface area contributed by atoms with E-state index in [1.807, 2.05) is 0 Å². The van der Waals surface area contributed by atoms with Crippen LogP contribution in [0.15, 0.2) is 77.2 Å². The van der Waals surface area contributed by atoms with Gasteiger partial charge in [-0.25, -0.2) is 19.7 Å². The van der Waals surface area contributed by atoms with Gasteiger partial charge in [-0.3, -0.25) is 14.0 Å². The Bertz CT molecular complexity index is 1790. The number of oxazole rings is 1. The maximum absolute atomic E-state index is 12.1. The molecule has 0 saturated carbocycles. The number of benzene rings is 2. The molecule has 5 aromatic rings. The number of carbonyl (C=O) groups is 2. The van der Waals surface area contributed by atoms with Crippen molar-refractivity contribution in [3.8, 4) is 11.5 Å². The normalized spacial score (nSPS) is 9.27. The third kappa shape index (κ3) is 13.5. The fourth-order valence-electron chi connectivity index (χ4n) is 3.17. The van der Waals surface area contributed by atoms with Crippen molar-refractivity contribution in [2.24, 2.45) is 0 Å². The maximum Gasteiger partial charge on any atom is 1.00 e. The zero-order chi connectivity index (χ0) is 32.5. The Kier molecular flexibility index (Phi) is 20.1. The molecule has 0 aliphatic rings. The summed E-state index contributed by atoms with van der Waals surface area (Å²) in [6, 6.07) is 20.2. The quantitative estimate of drug-likeness (QED) is 0.0519. The van der Waals surface area contributed by atoms with Gasteiger partial charge >= 0.3 is 59.1 Å². The summed E-state index contributed by atoms with van der Waals surface area (Å²) in [5, 5.41) is 9.33. The molecule has 10 nitrogen and oxygen atoms in total. The number of Topliss-reactive ketones (excluding diaryl/α,β-unsaturated/α-hetero) is 1. The van der Waals surface area contributed by atoms with E-state index >= 15 is 0 Å². The first-order chi connectivity index (χ1) is 21.2. The van der Waals surface area contributed by atoms with Crippen molar-refractivity contribution in [3.05, 3.63) is 122 Å². The number of ketones is 1. The number of nitrogens with zero attached hydrogens (tertiary/aromatic N) is 5. The summed E-state index contributed by atoms with van der Waals surface area (Å²) in [5.74, 6) is 0.388. The molecule has 3 aromatic heterocycles. The molecular formula is C29H19Cl3FN5Na2O5. The van der Waals surface area contributed by atoms with Crippen LogP contribution in [0.4, 0.5) is 15.8 Å². The van der Waals surface area contributed by atoms with Crippen LogP contribution in [0.5, 0.6) is 0 Å². The number of alkyl halides is 1. The minimum Gasteiger partial charge on any atom is -1.00 e. The molecule has 0 radical (unpaired) electrons. The largest absolute Gasteiger partial charge is 1.00 e. The minimum absolute atomic E-state index is 0. The molecule has 2 aromatic carbocycles.